The third-order valence-electron chi connectivity index (χ3n) is 4.99. The highest BCUT2D eigenvalue weighted by atomic mass is 16.5. The van der Waals surface area contributed by atoms with Crippen molar-refractivity contribution in [1.29, 1.82) is 0 Å². The average molecular weight is 432 g/mol. The van der Waals surface area contributed by atoms with Gasteiger partial charge in [-0.1, -0.05) is 12.1 Å². The van der Waals surface area contributed by atoms with E-state index in [1.165, 1.54) is 13.2 Å². The van der Waals surface area contributed by atoms with Gasteiger partial charge in [0.15, 0.2) is 17.5 Å². The summed E-state index contributed by atoms with van der Waals surface area (Å²) in [4.78, 5) is 30.3. The summed E-state index contributed by atoms with van der Waals surface area (Å²) in [6.45, 7) is 7.42. The molecule has 0 fully saturated rings. The summed E-state index contributed by atoms with van der Waals surface area (Å²) in [6, 6.07) is 12.5. The summed E-state index contributed by atoms with van der Waals surface area (Å²) in [5.74, 6) is -0.540. The van der Waals surface area contributed by atoms with Crippen LogP contribution in [0.5, 0.6) is 0 Å². The molecule has 4 rings (SSSR count). The number of fused-ring (bicyclic) bond motifs is 1. The summed E-state index contributed by atoms with van der Waals surface area (Å²) in [5.41, 5.74) is 2.94. The molecule has 3 heterocycles. The highest BCUT2D eigenvalue weighted by molar-refractivity contribution is 6.05. The smallest absolute Gasteiger partial charge is 0.339 e. The second kappa shape index (κ2) is 8.66. The van der Waals surface area contributed by atoms with E-state index in [0.717, 1.165) is 5.56 Å². The highest BCUT2D eigenvalue weighted by Gasteiger charge is 2.24. The first-order valence-corrected chi connectivity index (χ1v) is 10.3. The van der Waals surface area contributed by atoms with Crippen molar-refractivity contribution in [2.75, 3.05) is 5.32 Å². The number of nitrogens with zero attached hydrogens (tertiary/aromatic N) is 3. The minimum atomic E-state index is -1.00. The third-order valence-corrected chi connectivity index (χ3v) is 4.99. The van der Waals surface area contributed by atoms with E-state index in [4.69, 9.17) is 9.15 Å². The molecular weight excluding hydrogens is 408 g/mol. The number of carbonyl (C=O) groups is 2. The van der Waals surface area contributed by atoms with E-state index in [1.807, 2.05) is 39.0 Å². The lowest BCUT2D eigenvalue weighted by atomic mass is 10.1. The molecule has 8 nitrogen and oxygen atoms in total. The summed E-state index contributed by atoms with van der Waals surface area (Å²) in [7, 11) is 0. The average Bonchev–Trinajstić information content (AvgIpc) is 3.43. The molecule has 1 aromatic carbocycles. The monoisotopic (exact) mass is 432 g/mol. The molecule has 0 aliphatic rings. The summed E-state index contributed by atoms with van der Waals surface area (Å²) in [5, 5.41) is 7.69. The third kappa shape index (κ3) is 4.25. The van der Waals surface area contributed by atoms with E-state index in [9.17, 15) is 9.59 Å². The first kappa shape index (κ1) is 21.3. The first-order valence-electron chi connectivity index (χ1n) is 10.3. The predicted octanol–water partition coefficient (Wildman–Crippen LogP) is 4.76. The van der Waals surface area contributed by atoms with Gasteiger partial charge in [0, 0.05) is 11.7 Å². The van der Waals surface area contributed by atoms with Crippen molar-refractivity contribution in [3.05, 3.63) is 66.1 Å². The van der Waals surface area contributed by atoms with Crippen molar-refractivity contribution in [2.45, 2.75) is 39.8 Å². The molecule has 0 spiro atoms. The maximum absolute atomic E-state index is 13.1. The van der Waals surface area contributed by atoms with Crippen LogP contribution in [-0.2, 0) is 9.53 Å². The Hall–Kier alpha value is -3.94. The standard InChI is InChI=1S/C24H24N4O4/c1-14(2)28-22-19(13-25-28)18(12-20(27-22)21-9-6-10-31-21)24(30)32-16(4)23(29)26-17-8-5-7-15(3)11-17/h5-14,16H,1-4H3,(H,26,29). The fourth-order valence-electron chi connectivity index (χ4n) is 3.36. The Morgan fingerprint density at radius 3 is 2.62 bits per heavy atom. The molecule has 0 aliphatic heterocycles. The molecule has 0 saturated heterocycles. The van der Waals surface area contributed by atoms with Crippen LogP contribution in [0.2, 0.25) is 0 Å². The number of ether oxygens (including phenoxy) is 1. The Bertz CT molecular complexity index is 1270. The number of aromatic nitrogens is 3. The van der Waals surface area contributed by atoms with E-state index in [-0.39, 0.29) is 11.6 Å². The van der Waals surface area contributed by atoms with Crippen molar-refractivity contribution < 1.29 is 18.7 Å². The van der Waals surface area contributed by atoms with Crippen molar-refractivity contribution >= 4 is 28.6 Å². The Morgan fingerprint density at radius 2 is 1.94 bits per heavy atom. The molecule has 1 atom stereocenters. The summed E-state index contributed by atoms with van der Waals surface area (Å²) in [6.07, 6.45) is 2.12. The minimum absolute atomic E-state index is 0.0368. The molecular formula is C24H24N4O4. The lowest BCUT2D eigenvalue weighted by molar-refractivity contribution is -0.123. The molecule has 1 unspecified atom stereocenters. The Kier molecular flexibility index (Phi) is 5.77. The zero-order valence-electron chi connectivity index (χ0n) is 18.3. The predicted molar refractivity (Wildman–Crippen MR) is 120 cm³/mol. The van der Waals surface area contributed by atoms with E-state index in [2.05, 4.69) is 15.4 Å². The molecule has 8 heteroatoms. The highest BCUT2D eigenvalue weighted by Crippen LogP contribution is 2.27. The fraction of sp³-hybridized carbons (Fsp3) is 0.250. The maximum atomic E-state index is 13.1. The summed E-state index contributed by atoms with van der Waals surface area (Å²) >= 11 is 0. The van der Waals surface area contributed by atoms with Gasteiger partial charge in [-0.15, -0.1) is 0 Å². The van der Waals surface area contributed by atoms with Crippen molar-refractivity contribution in [3.8, 4) is 11.5 Å². The van der Waals surface area contributed by atoms with Crippen molar-refractivity contribution in [3.63, 3.8) is 0 Å². The molecule has 0 bridgehead atoms. The lowest BCUT2D eigenvalue weighted by Gasteiger charge is -2.15. The lowest BCUT2D eigenvalue weighted by Crippen LogP contribution is -2.30. The number of benzene rings is 1. The second-order valence-corrected chi connectivity index (χ2v) is 7.86. The summed E-state index contributed by atoms with van der Waals surface area (Å²) < 4.78 is 12.7. The first-order chi connectivity index (χ1) is 15.3. The molecule has 32 heavy (non-hydrogen) atoms. The van der Waals surface area contributed by atoms with Crippen LogP contribution in [-0.4, -0.2) is 32.7 Å². The molecule has 164 valence electrons. The number of esters is 1. The van der Waals surface area contributed by atoms with Gasteiger partial charge in [0.25, 0.3) is 5.91 Å². The van der Waals surface area contributed by atoms with Crippen LogP contribution < -0.4 is 5.32 Å². The van der Waals surface area contributed by atoms with Crippen LogP contribution in [0.1, 0.15) is 42.7 Å². The molecule has 0 radical (unpaired) electrons. The van der Waals surface area contributed by atoms with Crippen LogP contribution in [0.15, 0.2) is 59.3 Å². The van der Waals surface area contributed by atoms with Gasteiger partial charge in [0.2, 0.25) is 0 Å². The van der Waals surface area contributed by atoms with Gasteiger partial charge in [-0.25, -0.2) is 14.5 Å². The number of aryl methyl sites for hydroxylation is 1. The number of hydrogen-bond donors (Lipinski definition) is 1. The minimum Gasteiger partial charge on any atom is -0.463 e. The number of furan rings is 1. The van der Waals surface area contributed by atoms with Gasteiger partial charge < -0.3 is 14.5 Å². The van der Waals surface area contributed by atoms with Crippen LogP contribution in [0, 0.1) is 6.92 Å². The van der Waals surface area contributed by atoms with Gasteiger partial charge in [0.05, 0.1) is 23.4 Å². The molecule has 0 saturated carbocycles. The zero-order valence-corrected chi connectivity index (χ0v) is 18.3. The number of amides is 1. The number of hydrogen-bond acceptors (Lipinski definition) is 6. The Balaban J connectivity index is 1.63. The normalized spacial score (nSPS) is 12.2. The van der Waals surface area contributed by atoms with Gasteiger partial charge in [0.1, 0.15) is 5.69 Å². The second-order valence-electron chi connectivity index (χ2n) is 7.86. The van der Waals surface area contributed by atoms with Crippen LogP contribution in [0.4, 0.5) is 5.69 Å². The van der Waals surface area contributed by atoms with Gasteiger partial charge in [-0.3, -0.25) is 4.79 Å². The molecule has 4 aromatic rings. The van der Waals surface area contributed by atoms with Crippen LogP contribution in [0.3, 0.4) is 0 Å². The fourth-order valence-corrected chi connectivity index (χ4v) is 3.36. The van der Waals surface area contributed by atoms with E-state index in [1.54, 1.807) is 35.1 Å². The molecule has 1 amide bonds. The number of anilines is 1. The van der Waals surface area contributed by atoms with Crippen LogP contribution in [0.25, 0.3) is 22.5 Å². The number of pyridine rings is 1. The number of nitrogens with one attached hydrogen (secondary N) is 1. The van der Waals surface area contributed by atoms with E-state index in [0.29, 0.717) is 28.2 Å². The Labute approximate surface area is 185 Å². The zero-order chi connectivity index (χ0) is 22.8. The quantitative estimate of drug-likeness (QED) is 0.441. The molecule has 0 aliphatic carbocycles. The van der Waals surface area contributed by atoms with Crippen molar-refractivity contribution in [2.24, 2.45) is 0 Å². The molecule has 1 N–H and O–H groups in total. The van der Waals surface area contributed by atoms with Crippen molar-refractivity contribution in [1.82, 2.24) is 14.8 Å². The number of rotatable bonds is 6. The number of carbonyl (C=O) groups excluding carboxylic acids is 2. The Morgan fingerprint density at radius 1 is 1.12 bits per heavy atom. The largest absolute Gasteiger partial charge is 0.463 e. The van der Waals surface area contributed by atoms with Gasteiger partial charge in [-0.05, 0) is 63.6 Å². The molecule has 3 aromatic heterocycles. The topological polar surface area (TPSA) is 99.2 Å². The van der Waals surface area contributed by atoms with E-state index >= 15 is 0 Å². The maximum Gasteiger partial charge on any atom is 0.339 e. The van der Waals surface area contributed by atoms with E-state index < -0.39 is 18.0 Å². The SMILES string of the molecule is Cc1cccc(NC(=O)C(C)OC(=O)c2cc(-c3ccco3)nc3c2cnn3C(C)C)c1. The van der Waals surface area contributed by atoms with Gasteiger partial charge in [-0.2, -0.15) is 5.10 Å². The van der Waals surface area contributed by atoms with Crippen LogP contribution >= 0.6 is 0 Å². The van der Waals surface area contributed by atoms with Gasteiger partial charge >= 0.3 is 5.97 Å².